The number of aliphatic hydroxyl groups is 3. The fourth-order valence-corrected chi connectivity index (χ4v) is 1.19. The first-order chi connectivity index (χ1) is 5.04. The summed E-state index contributed by atoms with van der Waals surface area (Å²) in [5, 5.41) is 29.2. The molecule has 1 aliphatic heterocycles. The summed E-state index contributed by atoms with van der Waals surface area (Å²) in [7, 11) is 0. The summed E-state index contributed by atoms with van der Waals surface area (Å²) < 4.78 is 12.5. The largest absolute Gasteiger partial charge is 0.392 e. The van der Waals surface area contributed by atoms with Crippen molar-refractivity contribution in [3.63, 3.8) is 0 Å². The number of rotatable bonds is 1. The maximum absolute atomic E-state index is 12.5. The van der Waals surface area contributed by atoms with Crippen molar-refractivity contribution < 1.29 is 19.7 Å². The molecule has 1 fully saturated rings. The number of aliphatic hydroxyl groups excluding tert-OH is 3. The first-order valence-corrected chi connectivity index (χ1v) is 3.48. The molecule has 5 heteroatoms. The molecule has 1 unspecified atom stereocenters. The van der Waals surface area contributed by atoms with Gasteiger partial charge in [0.05, 0.1) is 12.1 Å². The Morgan fingerprint density at radius 1 is 1.36 bits per heavy atom. The van der Waals surface area contributed by atoms with Gasteiger partial charge < -0.3 is 15.3 Å². The van der Waals surface area contributed by atoms with Crippen LogP contribution in [0.2, 0.25) is 0 Å². The highest BCUT2D eigenvalue weighted by atomic mass is 19.1. The molecule has 1 saturated heterocycles. The predicted molar refractivity (Wildman–Crippen MR) is 35.5 cm³/mol. The molecule has 66 valence electrons. The van der Waals surface area contributed by atoms with Gasteiger partial charge in [0.1, 0.15) is 12.2 Å². The third-order valence-corrected chi connectivity index (χ3v) is 1.89. The molecular formula is C6H12FNO3. The Kier molecular flexibility index (Phi) is 2.43. The van der Waals surface area contributed by atoms with Gasteiger partial charge in [-0.1, -0.05) is 0 Å². The van der Waals surface area contributed by atoms with E-state index in [1.54, 1.807) is 0 Å². The van der Waals surface area contributed by atoms with Crippen LogP contribution in [0.1, 0.15) is 6.92 Å². The maximum Gasteiger partial charge on any atom is 0.180 e. The van der Waals surface area contributed by atoms with E-state index in [1.807, 2.05) is 0 Å². The second-order valence-electron chi connectivity index (χ2n) is 2.82. The number of hydrogen-bond donors (Lipinski definition) is 4. The lowest BCUT2D eigenvalue weighted by atomic mass is 10.1. The fourth-order valence-electron chi connectivity index (χ4n) is 1.19. The maximum atomic E-state index is 12.5. The minimum absolute atomic E-state index is 0.778. The van der Waals surface area contributed by atoms with E-state index in [4.69, 9.17) is 15.3 Å². The quantitative estimate of drug-likeness (QED) is 0.351. The van der Waals surface area contributed by atoms with Gasteiger partial charge in [-0.25, -0.2) is 4.39 Å². The molecule has 0 aromatic carbocycles. The molecule has 1 heterocycles. The average molecular weight is 165 g/mol. The lowest BCUT2D eigenvalue weighted by molar-refractivity contribution is -0.00825. The molecule has 4 nitrogen and oxygen atoms in total. The molecule has 0 amide bonds. The van der Waals surface area contributed by atoms with E-state index in [9.17, 15) is 4.39 Å². The van der Waals surface area contributed by atoms with Gasteiger partial charge in [-0.05, 0) is 6.92 Å². The molecular weight excluding hydrogens is 153 g/mol. The fraction of sp³-hybridized carbons (Fsp3) is 1.00. The first kappa shape index (κ1) is 8.86. The third-order valence-electron chi connectivity index (χ3n) is 1.89. The van der Waals surface area contributed by atoms with Crippen molar-refractivity contribution in [3.05, 3.63) is 0 Å². The Bertz CT molecular complexity index is 144. The standard InChI is InChI=1S/C6H12FNO3/c1-2(9)3-4(10)5(11)6(7)8-3/h2-6,8-11H,1H3/t2-,3-,4+,5+,6?/m1/s1. The predicted octanol–water partition coefficient (Wildman–Crippen LogP) is -1.64. The van der Waals surface area contributed by atoms with E-state index in [2.05, 4.69) is 5.32 Å². The van der Waals surface area contributed by atoms with Crippen LogP contribution in [0.5, 0.6) is 0 Å². The second-order valence-corrected chi connectivity index (χ2v) is 2.82. The van der Waals surface area contributed by atoms with Crippen LogP contribution in [0.4, 0.5) is 4.39 Å². The number of nitrogens with one attached hydrogen (secondary N) is 1. The zero-order valence-electron chi connectivity index (χ0n) is 6.11. The van der Waals surface area contributed by atoms with E-state index in [1.165, 1.54) is 6.92 Å². The number of hydrogen-bond acceptors (Lipinski definition) is 4. The highest BCUT2D eigenvalue weighted by Gasteiger charge is 2.43. The summed E-state index contributed by atoms with van der Waals surface area (Å²) in [5.41, 5.74) is 0. The van der Waals surface area contributed by atoms with Gasteiger partial charge in [0.2, 0.25) is 0 Å². The molecule has 5 atom stereocenters. The van der Waals surface area contributed by atoms with Gasteiger partial charge in [0, 0.05) is 0 Å². The van der Waals surface area contributed by atoms with Crippen molar-refractivity contribution in [1.29, 1.82) is 0 Å². The summed E-state index contributed by atoms with van der Waals surface area (Å²) in [6.45, 7) is 1.42. The topological polar surface area (TPSA) is 72.7 Å². The molecule has 0 aromatic rings. The summed E-state index contributed by atoms with van der Waals surface area (Å²) in [4.78, 5) is 0. The van der Waals surface area contributed by atoms with E-state index in [0.717, 1.165) is 0 Å². The smallest absolute Gasteiger partial charge is 0.180 e. The van der Waals surface area contributed by atoms with Crippen LogP contribution >= 0.6 is 0 Å². The molecule has 0 radical (unpaired) electrons. The minimum atomic E-state index is -1.65. The molecule has 11 heavy (non-hydrogen) atoms. The normalized spacial score (nSPS) is 47.7. The van der Waals surface area contributed by atoms with Crippen LogP contribution in [0.15, 0.2) is 0 Å². The van der Waals surface area contributed by atoms with E-state index < -0.39 is 30.6 Å². The second kappa shape index (κ2) is 3.02. The first-order valence-electron chi connectivity index (χ1n) is 3.48. The number of alkyl halides is 1. The molecule has 1 rings (SSSR count). The highest BCUT2D eigenvalue weighted by Crippen LogP contribution is 2.17. The van der Waals surface area contributed by atoms with Gasteiger partial charge in [-0.3, -0.25) is 5.32 Å². The monoisotopic (exact) mass is 165 g/mol. The van der Waals surface area contributed by atoms with Crippen molar-refractivity contribution in [2.24, 2.45) is 0 Å². The van der Waals surface area contributed by atoms with Gasteiger partial charge in [-0.2, -0.15) is 0 Å². The summed E-state index contributed by atoms with van der Waals surface area (Å²) in [6, 6.07) is -0.778. The molecule has 0 bridgehead atoms. The molecule has 4 N–H and O–H groups in total. The Balaban J connectivity index is 2.59. The van der Waals surface area contributed by atoms with Crippen LogP contribution in [0, 0.1) is 0 Å². The average Bonchev–Trinajstić information content (AvgIpc) is 2.17. The Morgan fingerprint density at radius 3 is 2.09 bits per heavy atom. The molecule has 0 aromatic heterocycles. The third kappa shape index (κ3) is 1.51. The van der Waals surface area contributed by atoms with Crippen LogP contribution < -0.4 is 5.32 Å². The van der Waals surface area contributed by atoms with Crippen molar-refractivity contribution >= 4 is 0 Å². The van der Waals surface area contributed by atoms with E-state index >= 15 is 0 Å². The SMILES string of the molecule is C[C@@H](O)[C@H]1NC(F)[C@@H](O)[C@H]1O. The van der Waals surface area contributed by atoms with E-state index in [-0.39, 0.29) is 0 Å². The van der Waals surface area contributed by atoms with Crippen LogP contribution in [0.3, 0.4) is 0 Å². The van der Waals surface area contributed by atoms with Crippen molar-refractivity contribution in [2.75, 3.05) is 0 Å². The van der Waals surface area contributed by atoms with E-state index in [0.29, 0.717) is 0 Å². The van der Waals surface area contributed by atoms with Crippen LogP contribution in [0.25, 0.3) is 0 Å². The summed E-state index contributed by atoms with van der Waals surface area (Å²) >= 11 is 0. The Hall–Kier alpha value is -0.230. The van der Waals surface area contributed by atoms with Crippen molar-refractivity contribution in [3.8, 4) is 0 Å². The van der Waals surface area contributed by atoms with Gasteiger partial charge in [-0.15, -0.1) is 0 Å². The summed E-state index contributed by atoms with van der Waals surface area (Å²) in [6.07, 6.45) is -5.19. The molecule has 0 spiro atoms. The van der Waals surface area contributed by atoms with Crippen molar-refractivity contribution in [2.45, 2.75) is 37.6 Å². The van der Waals surface area contributed by atoms with Gasteiger partial charge in [0.25, 0.3) is 0 Å². The number of halogens is 1. The Morgan fingerprint density at radius 2 is 1.91 bits per heavy atom. The lowest BCUT2D eigenvalue weighted by Crippen LogP contribution is -2.41. The molecule has 0 saturated carbocycles. The molecule has 1 aliphatic rings. The van der Waals surface area contributed by atoms with Gasteiger partial charge >= 0.3 is 0 Å². The van der Waals surface area contributed by atoms with Gasteiger partial charge in [0.15, 0.2) is 6.30 Å². The lowest BCUT2D eigenvalue weighted by Gasteiger charge is -2.17. The zero-order chi connectivity index (χ0) is 8.59. The zero-order valence-corrected chi connectivity index (χ0v) is 6.11. The summed E-state index contributed by atoms with van der Waals surface area (Å²) in [5.74, 6) is 0. The minimum Gasteiger partial charge on any atom is -0.392 e. The van der Waals surface area contributed by atoms with Crippen molar-refractivity contribution in [1.82, 2.24) is 5.32 Å². The van der Waals surface area contributed by atoms with Crippen LogP contribution in [-0.4, -0.2) is 46.0 Å². The highest BCUT2D eigenvalue weighted by molar-refractivity contribution is 4.95. The molecule has 0 aliphatic carbocycles. The van der Waals surface area contributed by atoms with Crippen LogP contribution in [-0.2, 0) is 0 Å². The Labute approximate surface area is 63.7 Å².